The van der Waals surface area contributed by atoms with Crippen molar-refractivity contribution < 1.29 is 17.9 Å². The first-order valence-corrected chi connectivity index (χ1v) is 8.32. The fraction of sp³-hybridized carbons (Fsp3) is 0.400. The van der Waals surface area contributed by atoms with Crippen molar-refractivity contribution in [1.82, 2.24) is 4.72 Å². The second kappa shape index (κ2) is 8.59. The number of ether oxygens (including phenoxy) is 1. The normalized spacial score (nSPS) is 12.0. The van der Waals surface area contributed by atoms with E-state index in [9.17, 15) is 13.2 Å². The smallest absolute Gasteiger partial charge is 0.321 e. The van der Waals surface area contributed by atoms with Crippen LogP contribution in [0.25, 0.3) is 6.08 Å². The molecule has 0 aromatic heterocycles. The van der Waals surface area contributed by atoms with Gasteiger partial charge in [-0.15, -0.1) is 0 Å². The molecule has 0 aliphatic heterocycles. The Balaban J connectivity index is 2.39. The van der Waals surface area contributed by atoms with E-state index < -0.39 is 16.0 Å². The molecule has 0 atom stereocenters. The van der Waals surface area contributed by atoms with Crippen molar-refractivity contribution >= 4 is 22.1 Å². The fourth-order valence-corrected chi connectivity index (χ4v) is 2.15. The van der Waals surface area contributed by atoms with E-state index in [4.69, 9.17) is 4.74 Å². The molecule has 0 aliphatic carbocycles. The quantitative estimate of drug-likeness (QED) is 0.747. The summed E-state index contributed by atoms with van der Waals surface area (Å²) >= 11 is 0. The maximum Gasteiger partial charge on any atom is 0.321 e. The third-order valence-electron chi connectivity index (χ3n) is 2.62. The van der Waals surface area contributed by atoms with Crippen LogP contribution in [0.4, 0.5) is 0 Å². The highest BCUT2D eigenvalue weighted by Crippen LogP contribution is 2.03. The number of nitrogens with one attached hydrogen (secondary N) is 1. The molecule has 0 saturated heterocycles. The van der Waals surface area contributed by atoms with Crippen LogP contribution in [-0.4, -0.2) is 27.5 Å². The summed E-state index contributed by atoms with van der Waals surface area (Å²) < 4.78 is 30.5. The minimum absolute atomic E-state index is 0.304. The summed E-state index contributed by atoms with van der Waals surface area (Å²) in [5, 5.41) is 1.03. The van der Waals surface area contributed by atoms with E-state index in [-0.39, 0.29) is 6.54 Å². The van der Waals surface area contributed by atoms with Crippen LogP contribution in [0.1, 0.15) is 25.8 Å². The summed E-state index contributed by atoms with van der Waals surface area (Å²) in [6.45, 7) is 3.98. The Hall–Kier alpha value is -1.66. The highest BCUT2D eigenvalue weighted by atomic mass is 32.2. The molecule has 1 rings (SSSR count). The number of hydrogen-bond donors (Lipinski definition) is 1. The molecule has 1 aromatic rings. The molecule has 0 fully saturated rings. The first-order chi connectivity index (χ1) is 9.89. The van der Waals surface area contributed by atoms with E-state index in [1.54, 1.807) is 12.1 Å². The summed E-state index contributed by atoms with van der Waals surface area (Å²) in [4.78, 5) is 11.4. The van der Waals surface area contributed by atoms with Crippen molar-refractivity contribution in [2.75, 3.05) is 13.2 Å². The lowest BCUT2D eigenvalue weighted by Gasteiger charge is -2.07. The Kier molecular flexibility index (Phi) is 7.11. The Morgan fingerprint density at radius 3 is 2.57 bits per heavy atom. The van der Waals surface area contributed by atoms with Crippen LogP contribution in [0, 0.1) is 5.92 Å². The number of esters is 1. The molecule has 6 heteroatoms. The zero-order chi connectivity index (χ0) is 15.7. The van der Waals surface area contributed by atoms with Crippen molar-refractivity contribution in [1.29, 1.82) is 0 Å². The van der Waals surface area contributed by atoms with Gasteiger partial charge in [0, 0.05) is 5.41 Å². The van der Waals surface area contributed by atoms with Gasteiger partial charge < -0.3 is 4.74 Å². The Labute approximate surface area is 126 Å². The predicted molar refractivity (Wildman–Crippen MR) is 82.8 cm³/mol. The largest absolute Gasteiger partial charge is 0.465 e. The van der Waals surface area contributed by atoms with Gasteiger partial charge in [-0.3, -0.25) is 4.79 Å². The molecule has 0 saturated carbocycles. The standard InChI is InChI=1S/C15H21NO4S/c1-13(2)8-10-20-15(17)12-16-21(18,19)11-9-14-6-4-3-5-7-14/h3-7,9,11,13,16H,8,10,12H2,1-2H3/b11-9+. The lowest BCUT2D eigenvalue weighted by Crippen LogP contribution is -2.29. The Bertz CT molecular complexity index is 565. The van der Waals surface area contributed by atoms with E-state index in [1.165, 1.54) is 6.08 Å². The first-order valence-electron chi connectivity index (χ1n) is 6.77. The zero-order valence-corrected chi connectivity index (χ0v) is 13.1. The van der Waals surface area contributed by atoms with Crippen molar-refractivity contribution in [3.63, 3.8) is 0 Å². The average Bonchev–Trinajstić information content (AvgIpc) is 2.44. The number of benzene rings is 1. The summed E-state index contributed by atoms with van der Waals surface area (Å²) in [5.74, 6) is -0.143. The van der Waals surface area contributed by atoms with Crippen LogP contribution in [-0.2, 0) is 19.6 Å². The molecule has 5 nitrogen and oxygen atoms in total. The fourth-order valence-electron chi connectivity index (χ4n) is 1.40. The van der Waals surface area contributed by atoms with Crippen molar-refractivity contribution in [3.8, 4) is 0 Å². The van der Waals surface area contributed by atoms with Gasteiger partial charge in [0.25, 0.3) is 0 Å². The van der Waals surface area contributed by atoms with E-state index in [0.29, 0.717) is 12.5 Å². The topological polar surface area (TPSA) is 72.5 Å². The van der Waals surface area contributed by atoms with E-state index in [1.807, 2.05) is 32.0 Å². The van der Waals surface area contributed by atoms with Crippen LogP contribution in [0.3, 0.4) is 0 Å². The molecule has 0 bridgehead atoms. The van der Waals surface area contributed by atoms with Crippen molar-refractivity contribution in [2.45, 2.75) is 20.3 Å². The number of carbonyl (C=O) groups excluding carboxylic acids is 1. The number of rotatable bonds is 8. The van der Waals surface area contributed by atoms with Gasteiger partial charge in [-0.05, 0) is 24.0 Å². The maximum atomic E-state index is 11.7. The summed E-state index contributed by atoms with van der Waals surface area (Å²) in [6.07, 6.45) is 2.22. The van der Waals surface area contributed by atoms with E-state index in [0.717, 1.165) is 17.4 Å². The molecule has 0 radical (unpaired) electrons. The third-order valence-corrected chi connectivity index (χ3v) is 3.66. The lowest BCUT2D eigenvalue weighted by atomic mass is 10.1. The summed E-state index contributed by atoms with van der Waals surface area (Å²) in [6, 6.07) is 9.03. The van der Waals surface area contributed by atoms with Gasteiger partial charge in [-0.1, -0.05) is 44.2 Å². The molecule has 1 N–H and O–H groups in total. The van der Waals surface area contributed by atoms with Gasteiger partial charge >= 0.3 is 5.97 Å². The van der Waals surface area contributed by atoms with Crippen LogP contribution < -0.4 is 4.72 Å². The molecule has 21 heavy (non-hydrogen) atoms. The molecular formula is C15H21NO4S. The molecule has 0 amide bonds. The molecule has 116 valence electrons. The molecular weight excluding hydrogens is 290 g/mol. The van der Waals surface area contributed by atoms with Gasteiger partial charge in [0.05, 0.1) is 6.61 Å². The highest BCUT2D eigenvalue weighted by molar-refractivity contribution is 7.92. The SMILES string of the molecule is CC(C)CCOC(=O)CNS(=O)(=O)/C=C/c1ccccc1. The number of sulfonamides is 1. The Morgan fingerprint density at radius 1 is 1.29 bits per heavy atom. The molecule has 1 aromatic carbocycles. The van der Waals surface area contributed by atoms with E-state index in [2.05, 4.69) is 4.72 Å². The molecule has 0 spiro atoms. The second-order valence-corrected chi connectivity index (χ2v) is 6.63. The number of hydrogen-bond acceptors (Lipinski definition) is 4. The predicted octanol–water partition coefficient (Wildman–Crippen LogP) is 2.17. The lowest BCUT2D eigenvalue weighted by molar-refractivity contribution is -0.142. The van der Waals surface area contributed by atoms with Crippen LogP contribution in [0.5, 0.6) is 0 Å². The van der Waals surface area contributed by atoms with Gasteiger partial charge in [0.2, 0.25) is 10.0 Å². The van der Waals surface area contributed by atoms with Crippen LogP contribution in [0.15, 0.2) is 35.7 Å². The molecule has 0 heterocycles. The first kappa shape index (κ1) is 17.4. The van der Waals surface area contributed by atoms with Gasteiger partial charge in [0.1, 0.15) is 6.54 Å². The molecule has 0 unspecified atom stereocenters. The highest BCUT2D eigenvalue weighted by Gasteiger charge is 2.09. The van der Waals surface area contributed by atoms with Gasteiger partial charge in [0.15, 0.2) is 0 Å². The van der Waals surface area contributed by atoms with Crippen LogP contribution in [0.2, 0.25) is 0 Å². The second-order valence-electron chi connectivity index (χ2n) is 4.98. The minimum atomic E-state index is -3.65. The van der Waals surface area contributed by atoms with Crippen molar-refractivity contribution in [3.05, 3.63) is 41.3 Å². The summed E-state index contributed by atoms with van der Waals surface area (Å²) in [5.41, 5.74) is 0.766. The van der Waals surface area contributed by atoms with Crippen LogP contribution >= 0.6 is 0 Å². The monoisotopic (exact) mass is 311 g/mol. The molecule has 0 aliphatic rings. The Morgan fingerprint density at radius 2 is 1.95 bits per heavy atom. The third kappa shape index (κ3) is 8.27. The number of carbonyl (C=O) groups is 1. The van der Waals surface area contributed by atoms with E-state index >= 15 is 0 Å². The van der Waals surface area contributed by atoms with Gasteiger partial charge in [-0.2, -0.15) is 0 Å². The van der Waals surface area contributed by atoms with Gasteiger partial charge in [-0.25, -0.2) is 13.1 Å². The average molecular weight is 311 g/mol. The summed E-state index contributed by atoms with van der Waals surface area (Å²) in [7, 11) is -3.65. The maximum absolute atomic E-state index is 11.7. The minimum Gasteiger partial charge on any atom is -0.465 e. The zero-order valence-electron chi connectivity index (χ0n) is 12.3. The van der Waals surface area contributed by atoms with Crippen molar-refractivity contribution in [2.24, 2.45) is 5.92 Å².